The molecule has 1 rings (SSSR count). The van der Waals surface area contributed by atoms with Gasteiger partial charge in [0, 0.05) is 12.4 Å². The minimum absolute atomic E-state index is 0. The van der Waals surface area contributed by atoms with Gasteiger partial charge in [-0.2, -0.15) is 0 Å². The van der Waals surface area contributed by atoms with Crippen molar-refractivity contribution in [2.24, 2.45) is 0 Å². The molecule has 0 aliphatic heterocycles. The number of nitrogens with zero attached hydrogens (tertiary/aromatic N) is 1. The summed E-state index contributed by atoms with van der Waals surface area (Å²) in [5.74, 6) is 0. The molecule has 0 spiro atoms. The van der Waals surface area contributed by atoms with Crippen molar-refractivity contribution in [2.75, 3.05) is 0 Å². The van der Waals surface area contributed by atoms with Crippen LogP contribution in [0.2, 0.25) is 0 Å². The molecular weight excluding hydrogens is 150 g/mol. The number of imidazole rings is 1. The van der Waals surface area contributed by atoms with Crippen molar-refractivity contribution in [1.29, 1.82) is 0 Å². The molecule has 0 radical (unpaired) electrons. The van der Waals surface area contributed by atoms with Crippen molar-refractivity contribution in [2.45, 2.75) is 0 Å². The smallest absolute Gasteiger partial charge is 0.0919 e. The fourth-order valence-electron chi connectivity index (χ4n) is 0.215. The second-order valence-corrected chi connectivity index (χ2v) is 0.761. The van der Waals surface area contributed by atoms with Crippen LogP contribution in [0.15, 0.2) is 18.7 Å². The van der Waals surface area contributed by atoms with E-state index in [1.807, 2.05) is 0 Å². The molecule has 2 nitrogen and oxygen atoms in total. The van der Waals surface area contributed by atoms with Crippen molar-refractivity contribution >= 4 is 58.2 Å². The van der Waals surface area contributed by atoms with Crippen LogP contribution >= 0.6 is 0 Å². The summed E-state index contributed by atoms with van der Waals surface area (Å²) in [6.45, 7) is 0. The summed E-state index contributed by atoms with van der Waals surface area (Å²) in [6, 6.07) is 0. The monoisotopic (exact) mass is 154 g/mol. The van der Waals surface area contributed by atoms with Crippen molar-refractivity contribution in [3.05, 3.63) is 18.7 Å². The van der Waals surface area contributed by atoms with Crippen LogP contribution in [0.3, 0.4) is 0 Å². The first-order chi connectivity index (χ1) is 2.50. The zero-order chi connectivity index (χ0) is 3.54. The SMILES string of the molecule is [RbH].c1c[nH]cn1. The van der Waals surface area contributed by atoms with Crippen LogP contribution in [-0.2, 0) is 0 Å². The largest absolute Gasteiger partial charge is 0.351 e. The van der Waals surface area contributed by atoms with Crippen molar-refractivity contribution in [1.82, 2.24) is 9.97 Å². The van der Waals surface area contributed by atoms with E-state index < -0.39 is 0 Å². The molecule has 28 valence electrons. The normalized spacial score (nSPS) is 6.67. The van der Waals surface area contributed by atoms with E-state index >= 15 is 0 Å². The number of nitrogens with one attached hydrogen (secondary N) is 1. The Balaban J connectivity index is 0.000000250. The number of aromatic amines is 1. The first-order valence-corrected chi connectivity index (χ1v) is 1.43. The Kier molecular flexibility index (Phi) is 4.89. The van der Waals surface area contributed by atoms with Crippen LogP contribution < -0.4 is 0 Å². The van der Waals surface area contributed by atoms with Gasteiger partial charge in [-0.1, -0.05) is 0 Å². The van der Waals surface area contributed by atoms with Gasteiger partial charge in [-0.05, 0) is 0 Å². The minimum Gasteiger partial charge on any atom is -0.351 e. The molecule has 1 heterocycles. The quantitative estimate of drug-likeness (QED) is 0.549. The molecule has 0 fully saturated rings. The Morgan fingerprint density at radius 2 is 2.33 bits per heavy atom. The minimum atomic E-state index is 0. The molecule has 0 bridgehead atoms. The molecule has 1 N–H and O–H groups in total. The average Bonchev–Trinajstić information content (AvgIpc) is 1.76. The number of hydrogen-bond donors (Lipinski definition) is 1. The Bertz CT molecular complexity index is 65.3. The van der Waals surface area contributed by atoms with E-state index in [1.54, 1.807) is 18.7 Å². The van der Waals surface area contributed by atoms with Gasteiger partial charge >= 0.3 is 58.2 Å². The third kappa shape index (κ3) is 2.23. The second-order valence-electron chi connectivity index (χ2n) is 0.761. The maximum atomic E-state index is 3.67. The number of H-pyrrole nitrogens is 1. The number of aromatic nitrogens is 2. The molecule has 0 aliphatic rings. The molecule has 0 aliphatic carbocycles. The Labute approximate surface area is 85.2 Å². The maximum absolute atomic E-state index is 3.67. The maximum Gasteiger partial charge on any atom is 0.0919 e. The van der Waals surface area contributed by atoms with Crippen LogP contribution in [0, 0.1) is 0 Å². The van der Waals surface area contributed by atoms with E-state index in [1.165, 1.54) is 0 Å². The summed E-state index contributed by atoms with van der Waals surface area (Å²) >= 11 is 0. The predicted octanol–water partition coefficient (Wildman–Crippen LogP) is -0.239. The number of hydrogen-bond acceptors (Lipinski definition) is 1. The first kappa shape index (κ1) is 7.02. The molecule has 0 aromatic carbocycles. The van der Waals surface area contributed by atoms with Gasteiger partial charge in [0.05, 0.1) is 6.33 Å². The van der Waals surface area contributed by atoms with E-state index in [0.717, 1.165) is 0 Å². The summed E-state index contributed by atoms with van der Waals surface area (Å²) in [7, 11) is 0. The summed E-state index contributed by atoms with van der Waals surface area (Å²) in [5.41, 5.74) is 0. The van der Waals surface area contributed by atoms with Gasteiger partial charge in [-0.15, -0.1) is 0 Å². The zero-order valence-corrected chi connectivity index (χ0v) is 2.68. The van der Waals surface area contributed by atoms with Crippen LogP contribution in [0.25, 0.3) is 0 Å². The average molecular weight is 155 g/mol. The summed E-state index contributed by atoms with van der Waals surface area (Å²) in [5, 5.41) is 0. The predicted molar refractivity (Wildman–Crippen MR) is 25.7 cm³/mol. The molecular formula is C3H5N2Rb. The van der Waals surface area contributed by atoms with Gasteiger partial charge in [-0.3, -0.25) is 0 Å². The molecule has 0 amide bonds. The summed E-state index contributed by atoms with van der Waals surface area (Å²) < 4.78 is 0. The Morgan fingerprint density at radius 3 is 2.50 bits per heavy atom. The topological polar surface area (TPSA) is 28.7 Å². The van der Waals surface area contributed by atoms with Crippen molar-refractivity contribution in [3.63, 3.8) is 0 Å². The van der Waals surface area contributed by atoms with E-state index in [9.17, 15) is 0 Å². The van der Waals surface area contributed by atoms with Crippen molar-refractivity contribution < 1.29 is 0 Å². The Morgan fingerprint density at radius 1 is 1.50 bits per heavy atom. The molecule has 0 saturated carbocycles. The van der Waals surface area contributed by atoms with Gasteiger partial charge in [-0.25, -0.2) is 4.98 Å². The van der Waals surface area contributed by atoms with Gasteiger partial charge in [0.25, 0.3) is 0 Å². The summed E-state index contributed by atoms with van der Waals surface area (Å²) in [6.07, 6.45) is 5.08. The number of rotatable bonds is 0. The molecule has 1 aromatic rings. The van der Waals surface area contributed by atoms with E-state index in [4.69, 9.17) is 0 Å². The van der Waals surface area contributed by atoms with Crippen LogP contribution in [0.4, 0.5) is 0 Å². The third-order valence-corrected chi connectivity index (χ3v) is 0.406. The zero-order valence-electron chi connectivity index (χ0n) is 2.68. The van der Waals surface area contributed by atoms with Gasteiger partial charge in [0.1, 0.15) is 0 Å². The van der Waals surface area contributed by atoms with Crippen LogP contribution in [-0.4, -0.2) is 68.2 Å². The van der Waals surface area contributed by atoms with Gasteiger partial charge in [0.2, 0.25) is 0 Å². The molecule has 3 heteroatoms. The third-order valence-electron chi connectivity index (χ3n) is 0.406. The summed E-state index contributed by atoms with van der Waals surface area (Å²) in [4.78, 5) is 6.42. The van der Waals surface area contributed by atoms with Gasteiger partial charge in [0.15, 0.2) is 0 Å². The molecule has 6 heavy (non-hydrogen) atoms. The molecule has 1 aromatic heterocycles. The standard InChI is InChI=1S/C3H4N2.Rb.H/c1-2-5-3-4-1;;/h1-3H,(H,4,5);;. The van der Waals surface area contributed by atoms with Gasteiger partial charge < -0.3 is 4.98 Å². The van der Waals surface area contributed by atoms with E-state index in [0.29, 0.717) is 0 Å². The second kappa shape index (κ2) is 4.18. The fourth-order valence-corrected chi connectivity index (χ4v) is 0.215. The van der Waals surface area contributed by atoms with Crippen molar-refractivity contribution in [3.8, 4) is 0 Å². The fraction of sp³-hybridized carbons (Fsp3) is 0. The molecule has 0 unspecified atom stereocenters. The van der Waals surface area contributed by atoms with Crippen LogP contribution in [0.1, 0.15) is 0 Å². The van der Waals surface area contributed by atoms with Crippen LogP contribution in [0.5, 0.6) is 0 Å². The molecule has 0 saturated heterocycles. The van der Waals surface area contributed by atoms with E-state index in [2.05, 4.69) is 9.97 Å². The Hall–Kier alpha value is 1.02. The first-order valence-electron chi connectivity index (χ1n) is 1.43. The molecule has 0 atom stereocenters. The van der Waals surface area contributed by atoms with E-state index in [-0.39, 0.29) is 58.2 Å².